The Morgan fingerprint density at radius 3 is 1.75 bits per heavy atom. The van der Waals surface area contributed by atoms with Crippen molar-refractivity contribution in [1.29, 1.82) is 0 Å². The summed E-state index contributed by atoms with van der Waals surface area (Å²) in [6.45, 7) is 24.1. The van der Waals surface area contributed by atoms with Gasteiger partial charge in [0.1, 0.15) is 0 Å². The van der Waals surface area contributed by atoms with E-state index in [-0.39, 0.29) is 62.7 Å². The molecule has 1 saturated heterocycles. The maximum Gasteiger partial charge on any atom is -1.00 e. The van der Waals surface area contributed by atoms with Crippen LogP contribution in [0.4, 0.5) is 0 Å². The summed E-state index contributed by atoms with van der Waals surface area (Å²) in [5.74, 6) is 0.601. The van der Waals surface area contributed by atoms with E-state index in [1.54, 1.807) is 5.57 Å². The molecule has 0 bridgehead atoms. The average molecular weight is 655 g/mol. The molecule has 0 aromatic carbocycles. The summed E-state index contributed by atoms with van der Waals surface area (Å²) >= 11 is -2.79. The minimum Gasteiger partial charge on any atom is -1.00 e. The minimum absolute atomic E-state index is 0. The maximum atomic E-state index is 2.83. The summed E-state index contributed by atoms with van der Waals surface area (Å²) in [7, 11) is 0. The van der Waals surface area contributed by atoms with Crippen molar-refractivity contribution in [2.45, 2.75) is 80.1 Å². The molecule has 0 N–H and O–H groups in total. The minimum atomic E-state index is -2.79. The zero-order valence-electron chi connectivity index (χ0n) is 26.0. The molecule has 0 spiro atoms. The first-order chi connectivity index (χ1) is 17.8. The summed E-state index contributed by atoms with van der Waals surface area (Å²) in [5.41, 5.74) is 1.95. The smallest absolute Gasteiger partial charge is 1.00 e. The van der Waals surface area contributed by atoms with Gasteiger partial charge in [0, 0.05) is 0 Å². The van der Waals surface area contributed by atoms with Crippen LogP contribution in [0.2, 0.25) is 11.4 Å². The van der Waals surface area contributed by atoms with Crippen molar-refractivity contribution in [3.8, 4) is 0 Å². The Kier molecular flexibility index (Phi) is 6.73. The van der Waals surface area contributed by atoms with Gasteiger partial charge < -0.3 is 24.8 Å². The summed E-state index contributed by atoms with van der Waals surface area (Å²) in [6, 6.07) is 0. The average Bonchev–Trinajstić information content (AvgIpc) is 3.21. The van der Waals surface area contributed by atoms with Crippen molar-refractivity contribution in [3.05, 3.63) is 93.9 Å². The van der Waals surface area contributed by atoms with Crippen LogP contribution in [0.5, 0.6) is 0 Å². The fraction of sp³-hybridized carbons (Fsp3) is 0.568. The van der Waals surface area contributed by atoms with Gasteiger partial charge in [0.2, 0.25) is 0 Å². The van der Waals surface area contributed by atoms with Gasteiger partial charge in [0.15, 0.2) is 0 Å². The Morgan fingerprint density at radius 2 is 1.23 bits per heavy atom. The standard InChI is InChI=1S/C29H37.C5H5.C3H6.2ClH.Zr/c1-21-14-13-15-22-20-27(6)25(4)18-10-9-16-23(25,2)24(3)17-11-12-19-26(24,5)29(27,8)28(21,22)7;1-2-4-5-3-1;1-3-2;;;/h9-20,22H,1-8H3;1-3H,4H2;3H,1H2,2H3;2*1H;/q;;;;;+2/p-2. The van der Waals surface area contributed by atoms with Crippen LogP contribution >= 0.6 is 0 Å². The number of halogens is 2. The van der Waals surface area contributed by atoms with Gasteiger partial charge in [0.25, 0.3) is 0 Å². The van der Waals surface area contributed by atoms with Gasteiger partial charge in [-0.3, -0.25) is 0 Å². The molecule has 11 atom stereocenters. The monoisotopic (exact) mass is 652 g/mol. The van der Waals surface area contributed by atoms with Crippen LogP contribution in [0.25, 0.3) is 0 Å². The quantitative estimate of drug-likeness (QED) is 0.413. The Bertz CT molecular complexity index is 1390. The number of rotatable bonds is 2. The molecule has 2 saturated carbocycles. The molecule has 11 unspecified atom stereocenters. The molecule has 7 aliphatic rings. The number of hydrogen-bond acceptors (Lipinski definition) is 0. The molecule has 7 rings (SSSR count). The summed E-state index contributed by atoms with van der Waals surface area (Å²) in [4.78, 5) is 0. The van der Waals surface area contributed by atoms with E-state index in [0.717, 1.165) is 7.25 Å². The molecular formula is C37H48Cl2Zr. The van der Waals surface area contributed by atoms with Gasteiger partial charge in [-0.1, -0.05) is 0 Å². The fourth-order valence-electron chi connectivity index (χ4n) is 12.9. The Hall–Kier alpha value is -0.617. The first-order valence-electron chi connectivity index (χ1n) is 15.2. The topological polar surface area (TPSA) is 0 Å². The van der Waals surface area contributed by atoms with E-state index in [0.29, 0.717) is 5.92 Å². The van der Waals surface area contributed by atoms with Gasteiger partial charge in [-0.15, -0.1) is 0 Å². The van der Waals surface area contributed by atoms with Gasteiger partial charge in [-0.2, -0.15) is 0 Å². The first-order valence-corrected chi connectivity index (χ1v) is 21.0. The second-order valence-corrected chi connectivity index (χ2v) is 27.1. The van der Waals surface area contributed by atoms with E-state index in [1.807, 2.05) is 3.28 Å². The molecule has 0 aromatic heterocycles. The Labute approximate surface area is 261 Å². The van der Waals surface area contributed by atoms with E-state index < -0.39 is 20.3 Å². The Morgan fingerprint density at radius 1 is 0.700 bits per heavy atom. The van der Waals surface area contributed by atoms with E-state index >= 15 is 0 Å². The van der Waals surface area contributed by atoms with Gasteiger partial charge >= 0.3 is 238 Å². The van der Waals surface area contributed by atoms with E-state index in [9.17, 15) is 0 Å². The molecule has 3 fully saturated rings. The van der Waals surface area contributed by atoms with Crippen LogP contribution in [0.3, 0.4) is 0 Å². The second kappa shape index (κ2) is 8.73. The van der Waals surface area contributed by atoms with Crippen LogP contribution in [0.15, 0.2) is 93.9 Å². The van der Waals surface area contributed by atoms with Crippen molar-refractivity contribution in [2.24, 2.45) is 43.8 Å². The summed E-state index contributed by atoms with van der Waals surface area (Å²) in [5, 5.41) is 0. The van der Waals surface area contributed by atoms with Crippen LogP contribution in [0, 0.1) is 43.8 Å². The van der Waals surface area contributed by atoms with Crippen molar-refractivity contribution in [1.82, 2.24) is 0 Å². The number of fused-ring (bicyclic) bond motifs is 8. The summed E-state index contributed by atoms with van der Waals surface area (Å²) < 4.78 is 5.17. The third-order valence-electron chi connectivity index (χ3n) is 15.8. The predicted octanol–water partition coefficient (Wildman–Crippen LogP) is 4.48. The zero-order valence-corrected chi connectivity index (χ0v) is 30.0. The molecule has 214 valence electrons. The van der Waals surface area contributed by atoms with Crippen LogP contribution < -0.4 is 24.8 Å². The maximum absolute atomic E-state index is 2.83. The molecule has 40 heavy (non-hydrogen) atoms. The van der Waals surface area contributed by atoms with Crippen LogP contribution in [0.1, 0.15) is 68.7 Å². The molecule has 0 amide bonds. The first kappa shape index (κ1) is 30.8. The van der Waals surface area contributed by atoms with E-state index in [4.69, 9.17) is 0 Å². The molecule has 3 heteroatoms. The van der Waals surface area contributed by atoms with Gasteiger partial charge in [-0.25, -0.2) is 0 Å². The third-order valence-corrected chi connectivity index (χ3v) is 31.4. The number of allylic oxidation sites excluding steroid dienone is 16. The molecule has 0 nitrogen and oxygen atoms in total. The second-order valence-electron chi connectivity index (χ2n) is 15.5. The molecule has 0 aromatic rings. The van der Waals surface area contributed by atoms with E-state index in [2.05, 4.69) is 147 Å². The largest absolute Gasteiger partial charge is 1.00 e. The van der Waals surface area contributed by atoms with Crippen molar-refractivity contribution in [2.75, 3.05) is 0 Å². The fourth-order valence-corrected chi connectivity index (χ4v) is 32.5. The molecule has 1 heterocycles. The molecule has 6 aliphatic carbocycles. The van der Waals surface area contributed by atoms with Crippen molar-refractivity contribution >= 4 is 0 Å². The third kappa shape index (κ3) is 2.66. The van der Waals surface area contributed by atoms with Crippen LogP contribution in [-0.4, -0.2) is 0 Å². The number of hydrogen-bond donors (Lipinski definition) is 0. The SMILES string of the molecule is CC1=CC=CC2[CH]([Zr+2]3([C]4=CC=CC4)[CH2][CH]3C)C3(C)C4(C)C=CC=CC4(C)C4(C)C=CC=CC4(C)C3(C)C12C.[Cl-].[Cl-]. The van der Waals surface area contributed by atoms with E-state index in [1.165, 1.54) is 10.5 Å². The predicted molar refractivity (Wildman–Crippen MR) is 160 cm³/mol. The van der Waals surface area contributed by atoms with Crippen LogP contribution in [-0.2, 0) is 20.3 Å². The Balaban J connectivity index is 0.00000161. The zero-order chi connectivity index (χ0) is 27.2. The molecule has 1 aliphatic heterocycles. The van der Waals surface area contributed by atoms with Gasteiger partial charge in [0.05, 0.1) is 0 Å². The normalized spacial score (nSPS) is 54.2. The van der Waals surface area contributed by atoms with Crippen molar-refractivity contribution in [3.63, 3.8) is 0 Å². The molecule has 0 radical (unpaired) electrons. The van der Waals surface area contributed by atoms with Crippen molar-refractivity contribution < 1.29 is 45.1 Å². The molecular weight excluding hydrogens is 607 g/mol. The van der Waals surface area contributed by atoms with Gasteiger partial charge in [-0.05, 0) is 0 Å². The summed E-state index contributed by atoms with van der Waals surface area (Å²) in [6.07, 6.45) is 36.5.